The van der Waals surface area contributed by atoms with Gasteiger partial charge in [-0.1, -0.05) is 0 Å². The Bertz CT molecular complexity index is 2160. The molecule has 2 aliphatic rings. The third kappa shape index (κ3) is 7.21. The largest absolute Gasteiger partial charge is 0.493 e. The first-order valence-corrected chi connectivity index (χ1v) is 16.6. The Balaban J connectivity index is 1.07. The van der Waals surface area contributed by atoms with Gasteiger partial charge in [-0.3, -0.25) is 24.0 Å². The molecule has 11 nitrogen and oxygen atoms in total. The summed E-state index contributed by atoms with van der Waals surface area (Å²) in [5.74, 6) is -0.667. The van der Waals surface area contributed by atoms with E-state index in [9.17, 15) is 19.1 Å². The number of methoxy groups -OCH3 is 1. The van der Waals surface area contributed by atoms with Gasteiger partial charge in [0.1, 0.15) is 29.5 Å². The normalized spacial score (nSPS) is 15.2. The Morgan fingerprint density at radius 1 is 1.02 bits per heavy atom. The van der Waals surface area contributed by atoms with Gasteiger partial charge in [0.15, 0.2) is 23.1 Å². The molecule has 0 bridgehead atoms. The first-order valence-electron chi connectivity index (χ1n) is 16.6. The molecule has 2 aliphatic heterocycles. The van der Waals surface area contributed by atoms with Crippen molar-refractivity contribution in [2.75, 3.05) is 45.3 Å². The lowest BCUT2D eigenvalue weighted by molar-refractivity contribution is -0.00772. The quantitative estimate of drug-likeness (QED) is 0.184. The van der Waals surface area contributed by atoms with Crippen molar-refractivity contribution in [2.24, 2.45) is 0 Å². The third-order valence-corrected chi connectivity index (χ3v) is 9.18. The van der Waals surface area contributed by atoms with Gasteiger partial charge in [-0.2, -0.15) is 0 Å². The molecule has 1 amide bonds. The van der Waals surface area contributed by atoms with Crippen molar-refractivity contribution in [3.05, 3.63) is 106 Å². The first-order chi connectivity index (χ1) is 24.6. The lowest BCUT2D eigenvalue weighted by Gasteiger charge is -2.35. The number of halogens is 2. The number of pyridine rings is 2. The van der Waals surface area contributed by atoms with E-state index in [0.29, 0.717) is 71.8 Å². The number of rotatable bonds is 10. The van der Waals surface area contributed by atoms with Crippen LogP contribution in [0, 0.1) is 11.6 Å². The number of carbonyl (C=O) groups excluding carboxylic acids is 1. The third-order valence-electron chi connectivity index (χ3n) is 9.18. The molecule has 4 heterocycles. The number of amides is 1. The van der Waals surface area contributed by atoms with Gasteiger partial charge in [0.2, 0.25) is 0 Å². The van der Waals surface area contributed by atoms with Crippen LogP contribution >= 0.6 is 0 Å². The van der Waals surface area contributed by atoms with Crippen molar-refractivity contribution in [3.63, 3.8) is 0 Å². The monoisotopic (exact) mass is 698 g/mol. The number of carbonyl (C=O) groups is 1. The number of nitrogens with one attached hydrogen (secondary N) is 1. The van der Waals surface area contributed by atoms with Crippen LogP contribution in [0.1, 0.15) is 35.7 Å². The second kappa shape index (κ2) is 14.0. The number of hydrogen-bond donors (Lipinski definition) is 2. The van der Waals surface area contributed by atoms with Gasteiger partial charge < -0.3 is 29.4 Å². The molecule has 51 heavy (non-hydrogen) atoms. The molecule has 0 aliphatic carbocycles. The maximum Gasteiger partial charge on any atom is 0.271 e. The van der Waals surface area contributed by atoms with E-state index in [1.807, 2.05) is 6.92 Å². The van der Waals surface area contributed by atoms with Gasteiger partial charge in [-0.05, 0) is 68.3 Å². The van der Waals surface area contributed by atoms with Crippen molar-refractivity contribution in [1.29, 1.82) is 0 Å². The van der Waals surface area contributed by atoms with Crippen LogP contribution in [0.2, 0.25) is 0 Å². The average molecular weight is 699 g/mol. The van der Waals surface area contributed by atoms with Crippen LogP contribution < -0.4 is 29.8 Å². The maximum absolute atomic E-state index is 15.5. The highest BCUT2D eigenvalue weighted by Crippen LogP contribution is 2.38. The molecule has 0 spiro atoms. The Morgan fingerprint density at radius 2 is 1.80 bits per heavy atom. The summed E-state index contributed by atoms with van der Waals surface area (Å²) in [7, 11) is 1.53. The van der Waals surface area contributed by atoms with Crippen molar-refractivity contribution < 1.29 is 37.6 Å². The molecule has 0 radical (unpaired) electrons. The smallest absolute Gasteiger partial charge is 0.271 e. The fourth-order valence-corrected chi connectivity index (χ4v) is 6.26. The van der Waals surface area contributed by atoms with Crippen LogP contribution in [-0.2, 0) is 6.42 Å². The van der Waals surface area contributed by atoms with E-state index in [1.165, 1.54) is 48.1 Å². The summed E-state index contributed by atoms with van der Waals surface area (Å²) in [5, 5.41) is 13.4. The van der Waals surface area contributed by atoms with Crippen molar-refractivity contribution in [2.45, 2.75) is 31.8 Å². The number of anilines is 1. The first kappa shape index (κ1) is 33.9. The standard InChI is InChI=1S/C38H36F2N4O7/c1-38(47)11-14-43(15-12-38)16-18-49-33-21-29-27(20-32(33)48-2)30(9-13-41-29)51-31-8-5-25(19-28(31)40)42-36(45)34-35-23(10-17-50-35)22-44(37(34)46)26-6-3-24(39)4-7-26/h3-9,13,19-22,47H,10-12,14-18H2,1-2H3,(H,42,45). The Labute approximate surface area is 292 Å². The zero-order chi connectivity index (χ0) is 35.7. The van der Waals surface area contributed by atoms with E-state index in [4.69, 9.17) is 18.9 Å². The molecule has 1 fully saturated rings. The number of benzene rings is 3. The second-order valence-electron chi connectivity index (χ2n) is 12.8. The van der Waals surface area contributed by atoms with Gasteiger partial charge in [0.25, 0.3) is 11.5 Å². The van der Waals surface area contributed by atoms with E-state index < -0.39 is 28.7 Å². The van der Waals surface area contributed by atoms with Crippen molar-refractivity contribution in [1.82, 2.24) is 14.5 Å². The predicted octanol–water partition coefficient (Wildman–Crippen LogP) is 5.88. The summed E-state index contributed by atoms with van der Waals surface area (Å²) in [5.41, 5.74) is 0.142. The number of hydrogen-bond acceptors (Lipinski definition) is 9. The fraction of sp³-hybridized carbons (Fsp3) is 0.289. The summed E-state index contributed by atoms with van der Waals surface area (Å²) in [4.78, 5) is 33.6. The maximum atomic E-state index is 15.5. The van der Waals surface area contributed by atoms with Crippen molar-refractivity contribution in [3.8, 4) is 34.4 Å². The van der Waals surface area contributed by atoms with Crippen LogP contribution in [0.5, 0.6) is 28.7 Å². The summed E-state index contributed by atoms with van der Waals surface area (Å²) in [6.45, 7) is 4.84. The van der Waals surface area contributed by atoms with Gasteiger partial charge in [-0.25, -0.2) is 8.78 Å². The molecule has 0 saturated carbocycles. The highest BCUT2D eigenvalue weighted by molar-refractivity contribution is 6.06. The van der Waals surface area contributed by atoms with Crippen LogP contribution in [0.3, 0.4) is 0 Å². The van der Waals surface area contributed by atoms with E-state index in [1.54, 1.807) is 30.6 Å². The number of aliphatic hydroxyl groups is 1. The van der Waals surface area contributed by atoms with Crippen LogP contribution in [-0.4, -0.2) is 71.0 Å². The molecule has 7 rings (SSSR count). The van der Waals surface area contributed by atoms with Gasteiger partial charge in [-0.15, -0.1) is 0 Å². The Hall–Kier alpha value is -5.53. The number of nitrogens with zero attached hydrogens (tertiary/aromatic N) is 3. The molecule has 2 N–H and O–H groups in total. The van der Waals surface area contributed by atoms with Crippen LogP contribution in [0.4, 0.5) is 14.5 Å². The highest BCUT2D eigenvalue weighted by atomic mass is 19.1. The molecule has 3 aromatic carbocycles. The SMILES string of the molecule is COc1cc2c(Oc3ccc(NC(=O)c4c5c(cn(-c6ccc(F)cc6)c4=O)CCO5)cc3F)ccnc2cc1OCCN1CCC(C)(O)CC1. The van der Waals surface area contributed by atoms with E-state index in [-0.39, 0.29) is 29.4 Å². The second-order valence-corrected chi connectivity index (χ2v) is 12.8. The molecule has 1 saturated heterocycles. The summed E-state index contributed by atoms with van der Waals surface area (Å²) in [6, 6.07) is 14.3. The molecule has 264 valence electrons. The zero-order valence-electron chi connectivity index (χ0n) is 28.1. The van der Waals surface area contributed by atoms with E-state index in [0.717, 1.165) is 19.2 Å². The minimum atomic E-state index is -0.781. The topological polar surface area (TPSA) is 124 Å². The summed E-state index contributed by atoms with van der Waals surface area (Å²) < 4.78 is 53.6. The Morgan fingerprint density at radius 3 is 2.55 bits per heavy atom. The number of ether oxygens (including phenoxy) is 4. The van der Waals surface area contributed by atoms with Gasteiger partial charge >= 0.3 is 0 Å². The minimum Gasteiger partial charge on any atom is -0.493 e. The summed E-state index contributed by atoms with van der Waals surface area (Å²) >= 11 is 0. The molecule has 0 atom stereocenters. The summed E-state index contributed by atoms with van der Waals surface area (Å²) in [6.07, 6.45) is 5.02. The number of piperidine rings is 1. The molecular weight excluding hydrogens is 662 g/mol. The number of aromatic nitrogens is 2. The predicted molar refractivity (Wildman–Crippen MR) is 186 cm³/mol. The zero-order valence-corrected chi connectivity index (χ0v) is 28.1. The van der Waals surface area contributed by atoms with E-state index >= 15 is 4.39 Å². The number of likely N-dealkylation sites (tertiary alicyclic amines) is 1. The highest BCUT2D eigenvalue weighted by Gasteiger charge is 2.28. The Kier molecular flexibility index (Phi) is 9.32. The lowest BCUT2D eigenvalue weighted by atomic mass is 9.94. The van der Waals surface area contributed by atoms with Gasteiger partial charge in [0.05, 0.1) is 24.8 Å². The molecule has 0 unspecified atom stereocenters. The van der Waals surface area contributed by atoms with E-state index in [2.05, 4.69) is 15.2 Å². The van der Waals surface area contributed by atoms with Crippen LogP contribution in [0.15, 0.2) is 77.9 Å². The minimum absolute atomic E-state index is 0.0890. The molecular formula is C38H36F2N4O7. The average Bonchev–Trinajstić information content (AvgIpc) is 3.58. The van der Waals surface area contributed by atoms with Gasteiger partial charge in [0, 0.05) is 72.9 Å². The van der Waals surface area contributed by atoms with Crippen molar-refractivity contribution >= 4 is 22.5 Å². The fourth-order valence-electron chi connectivity index (χ4n) is 6.26. The van der Waals surface area contributed by atoms with Crippen LogP contribution in [0.25, 0.3) is 16.6 Å². The lowest BCUT2D eigenvalue weighted by Crippen LogP contribution is -2.43. The molecule has 13 heteroatoms. The molecule has 5 aromatic rings. The number of fused-ring (bicyclic) bond motifs is 2. The molecule has 2 aromatic heterocycles.